The predicted octanol–water partition coefficient (Wildman–Crippen LogP) is 3.16. The summed E-state index contributed by atoms with van der Waals surface area (Å²) in [5.74, 6) is 1.28. The molecule has 1 aromatic carbocycles. The fourth-order valence-electron chi connectivity index (χ4n) is 4.89. The zero-order valence-corrected chi connectivity index (χ0v) is 15.9. The van der Waals surface area contributed by atoms with Crippen molar-refractivity contribution in [2.45, 2.75) is 44.2 Å². The number of nitrogens with one attached hydrogen (secondary N) is 1. The molecule has 144 valence electrons. The summed E-state index contributed by atoms with van der Waals surface area (Å²) in [5.41, 5.74) is 2.10. The largest absolute Gasteiger partial charge is 0.351 e. The summed E-state index contributed by atoms with van der Waals surface area (Å²) < 4.78 is 0. The molecule has 2 saturated heterocycles. The first-order valence-electron chi connectivity index (χ1n) is 10.2. The van der Waals surface area contributed by atoms with E-state index in [2.05, 4.69) is 36.9 Å². The molecule has 4 heterocycles. The Balaban J connectivity index is 1.32. The SMILES string of the molecule is O=C(CCc1ccccc1)N1CCC[C@@H]2C1CCN2c1ncnc2[nH]ccc12. The van der Waals surface area contributed by atoms with Gasteiger partial charge >= 0.3 is 0 Å². The lowest BCUT2D eigenvalue weighted by atomic mass is 9.96. The van der Waals surface area contributed by atoms with Gasteiger partial charge in [-0.15, -0.1) is 0 Å². The van der Waals surface area contributed by atoms with Crippen molar-refractivity contribution in [1.29, 1.82) is 0 Å². The molecule has 6 heteroatoms. The quantitative estimate of drug-likeness (QED) is 0.761. The third-order valence-electron chi connectivity index (χ3n) is 6.21. The van der Waals surface area contributed by atoms with Crippen LogP contribution in [0, 0.1) is 0 Å². The Kier molecular flexibility index (Phi) is 4.47. The molecule has 1 amide bonds. The van der Waals surface area contributed by atoms with E-state index in [4.69, 9.17) is 0 Å². The number of carbonyl (C=O) groups excluding carboxylic acids is 1. The predicted molar refractivity (Wildman–Crippen MR) is 109 cm³/mol. The number of likely N-dealkylation sites (tertiary alicyclic amines) is 1. The first kappa shape index (κ1) is 17.2. The molecule has 2 aliphatic heterocycles. The molecule has 1 N–H and O–H groups in total. The molecule has 2 atom stereocenters. The normalized spacial score (nSPS) is 21.9. The summed E-state index contributed by atoms with van der Waals surface area (Å²) in [5, 5.41) is 1.07. The average molecular weight is 375 g/mol. The number of H-pyrrole nitrogens is 1. The smallest absolute Gasteiger partial charge is 0.223 e. The van der Waals surface area contributed by atoms with Crippen LogP contribution in [0.1, 0.15) is 31.2 Å². The van der Waals surface area contributed by atoms with Crippen molar-refractivity contribution in [2.24, 2.45) is 0 Å². The minimum absolute atomic E-state index is 0.287. The maximum absolute atomic E-state index is 13.0. The van der Waals surface area contributed by atoms with Crippen LogP contribution in [0.5, 0.6) is 0 Å². The summed E-state index contributed by atoms with van der Waals surface area (Å²) in [7, 11) is 0. The summed E-state index contributed by atoms with van der Waals surface area (Å²) in [6, 6.07) is 13.0. The van der Waals surface area contributed by atoms with E-state index in [1.54, 1.807) is 6.33 Å². The number of hydrogen-bond acceptors (Lipinski definition) is 4. The highest BCUT2D eigenvalue weighted by atomic mass is 16.2. The van der Waals surface area contributed by atoms with Crippen LogP contribution in [0.25, 0.3) is 11.0 Å². The molecule has 0 bridgehead atoms. The highest BCUT2D eigenvalue weighted by molar-refractivity contribution is 5.87. The molecule has 28 heavy (non-hydrogen) atoms. The Morgan fingerprint density at radius 2 is 1.96 bits per heavy atom. The Morgan fingerprint density at radius 1 is 1.07 bits per heavy atom. The van der Waals surface area contributed by atoms with Crippen molar-refractivity contribution >= 4 is 22.8 Å². The van der Waals surface area contributed by atoms with E-state index in [0.717, 1.165) is 55.6 Å². The highest BCUT2D eigenvalue weighted by Crippen LogP contribution is 2.36. The molecule has 0 spiro atoms. The monoisotopic (exact) mass is 375 g/mol. The van der Waals surface area contributed by atoms with Crippen molar-refractivity contribution in [2.75, 3.05) is 18.0 Å². The number of hydrogen-bond donors (Lipinski definition) is 1. The van der Waals surface area contributed by atoms with Crippen LogP contribution in [0.4, 0.5) is 5.82 Å². The lowest BCUT2D eigenvalue weighted by Gasteiger charge is -2.40. The highest BCUT2D eigenvalue weighted by Gasteiger charge is 2.42. The van der Waals surface area contributed by atoms with Gasteiger partial charge < -0.3 is 14.8 Å². The second-order valence-electron chi connectivity index (χ2n) is 7.77. The summed E-state index contributed by atoms with van der Waals surface area (Å²) in [4.78, 5) is 29.6. The standard InChI is InChI=1S/C22H25N5O/c28-20(9-8-16-5-2-1-3-6-16)26-13-4-7-18-19(26)11-14-27(18)22-17-10-12-23-21(17)24-15-25-22/h1-3,5-6,10,12,15,18-19H,4,7-9,11,13-14H2,(H,23,24,25)/t18-,19?/m1/s1. The first-order chi connectivity index (χ1) is 13.8. The molecule has 2 fully saturated rings. The van der Waals surface area contributed by atoms with Crippen LogP contribution < -0.4 is 4.90 Å². The Morgan fingerprint density at radius 3 is 2.86 bits per heavy atom. The van der Waals surface area contributed by atoms with Gasteiger partial charge in [0, 0.05) is 25.7 Å². The van der Waals surface area contributed by atoms with Crippen LogP contribution >= 0.6 is 0 Å². The number of aromatic amines is 1. The molecule has 3 aromatic rings. The number of rotatable bonds is 4. The zero-order valence-electron chi connectivity index (χ0n) is 15.9. The second kappa shape index (κ2) is 7.26. The maximum Gasteiger partial charge on any atom is 0.223 e. The van der Waals surface area contributed by atoms with Gasteiger partial charge in [-0.25, -0.2) is 9.97 Å². The molecule has 6 nitrogen and oxygen atoms in total. The second-order valence-corrected chi connectivity index (χ2v) is 7.77. The van der Waals surface area contributed by atoms with Crippen LogP contribution in [0.2, 0.25) is 0 Å². The molecular formula is C22H25N5O. The number of aromatic nitrogens is 3. The van der Waals surface area contributed by atoms with Crippen molar-refractivity contribution in [1.82, 2.24) is 19.9 Å². The van der Waals surface area contributed by atoms with Crippen molar-refractivity contribution < 1.29 is 4.79 Å². The van der Waals surface area contributed by atoms with E-state index in [9.17, 15) is 4.79 Å². The topological polar surface area (TPSA) is 65.1 Å². The first-order valence-corrected chi connectivity index (χ1v) is 10.2. The Hall–Kier alpha value is -2.89. The number of piperidine rings is 1. The average Bonchev–Trinajstić information content (AvgIpc) is 3.39. The van der Waals surface area contributed by atoms with Gasteiger partial charge in [0.25, 0.3) is 0 Å². The molecular weight excluding hydrogens is 350 g/mol. The third kappa shape index (κ3) is 3.03. The number of anilines is 1. The van der Waals surface area contributed by atoms with Gasteiger partial charge in [-0.05, 0) is 37.3 Å². The summed E-state index contributed by atoms with van der Waals surface area (Å²) in [6.45, 7) is 1.82. The van der Waals surface area contributed by atoms with Gasteiger partial charge in [0.15, 0.2) is 0 Å². The number of benzene rings is 1. The number of carbonyl (C=O) groups is 1. The van der Waals surface area contributed by atoms with Gasteiger partial charge in [-0.2, -0.15) is 0 Å². The summed E-state index contributed by atoms with van der Waals surface area (Å²) in [6.07, 6.45) is 8.12. The van der Waals surface area contributed by atoms with Gasteiger partial charge in [0.05, 0.1) is 17.5 Å². The van der Waals surface area contributed by atoms with Crippen LogP contribution in [0.15, 0.2) is 48.9 Å². The lowest BCUT2D eigenvalue weighted by molar-refractivity contribution is -0.134. The van der Waals surface area contributed by atoms with E-state index in [0.29, 0.717) is 18.5 Å². The zero-order chi connectivity index (χ0) is 18.9. The van der Waals surface area contributed by atoms with Gasteiger partial charge in [0.1, 0.15) is 17.8 Å². The number of aryl methyl sites for hydroxylation is 1. The lowest BCUT2D eigenvalue weighted by Crippen LogP contribution is -2.52. The molecule has 2 aromatic heterocycles. The molecule has 0 aliphatic carbocycles. The molecule has 0 saturated carbocycles. The number of fused-ring (bicyclic) bond motifs is 2. The van der Waals surface area contributed by atoms with Crippen molar-refractivity contribution in [3.8, 4) is 0 Å². The van der Waals surface area contributed by atoms with Crippen LogP contribution in [-0.4, -0.2) is 50.9 Å². The van der Waals surface area contributed by atoms with E-state index in [1.165, 1.54) is 5.56 Å². The van der Waals surface area contributed by atoms with Crippen LogP contribution in [-0.2, 0) is 11.2 Å². The van der Waals surface area contributed by atoms with Gasteiger partial charge in [-0.3, -0.25) is 4.79 Å². The summed E-state index contributed by atoms with van der Waals surface area (Å²) >= 11 is 0. The molecule has 2 aliphatic rings. The minimum Gasteiger partial charge on any atom is -0.351 e. The minimum atomic E-state index is 0.287. The van der Waals surface area contributed by atoms with E-state index in [-0.39, 0.29) is 5.91 Å². The van der Waals surface area contributed by atoms with Gasteiger partial charge in [0.2, 0.25) is 5.91 Å². The molecule has 0 radical (unpaired) electrons. The van der Waals surface area contributed by atoms with Crippen molar-refractivity contribution in [3.63, 3.8) is 0 Å². The van der Waals surface area contributed by atoms with Crippen LogP contribution in [0.3, 0.4) is 0 Å². The number of nitrogens with zero attached hydrogens (tertiary/aromatic N) is 4. The third-order valence-corrected chi connectivity index (χ3v) is 6.21. The Bertz CT molecular complexity index is 969. The van der Waals surface area contributed by atoms with E-state index >= 15 is 0 Å². The number of amides is 1. The fraction of sp³-hybridized carbons (Fsp3) is 0.409. The maximum atomic E-state index is 13.0. The van der Waals surface area contributed by atoms with E-state index in [1.807, 2.05) is 30.5 Å². The fourth-order valence-corrected chi connectivity index (χ4v) is 4.89. The van der Waals surface area contributed by atoms with Gasteiger partial charge in [-0.1, -0.05) is 30.3 Å². The van der Waals surface area contributed by atoms with Crippen molar-refractivity contribution in [3.05, 3.63) is 54.5 Å². The molecule has 5 rings (SSSR count). The Labute approximate surface area is 164 Å². The van der Waals surface area contributed by atoms with E-state index < -0.39 is 0 Å². The molecule has 1 unspecified atom stereocenters.